The van der Waals surface area contributed by atoms with Gasteiger partial charge in [0.05, 0.1) is 7.11 Å². The lowest BCUT2D eigenvalue weighted by Crippen LogP contribution is -2.25. The van der Waals surface area contributed by atoms with Crippen LogP contribution in [0.5, 0.6) is 5.75 Å². The number of benzene rings is 1. The van der Waals surface area contributed by atoms with E-state index >= 15 is 0 Å². The molecule has 2 heteroatoms. The van der Waals surface area contributed by atoms with E-state index in [2.05, 4.69) is 25.2 Å². The van der Waals surface area contributed by atoms with E-state index in [1.165, 1.54) is 18.4 Å². The van der Waals surface area contributed by atoms with Crippen LogP contribution in [0.1, 0.15) is 32.3 Å². The molecule has 0 spiro atoms. The minimum atomic E-state index is 0.569. The van der Waals surface area contributed by atoms with Gasteiger partial charge in [-0.25, -0.2) is 0 Å². The van der Waals surface area contributed by atoms with Crippen molar-refractivity contribution >= 4 is 0 Å². The average molecular weight is 207 g/mol. The zero-order chi connectivity index (χ0) is 11.1. The van der Waals surface area contributed by atoms with E-state index in [-0.39, 0.29) is 0 Å². The highest BCUT2D eigenvalue weighted by Gasteiger charge is 2.03. The van der Waals surface area contributed by atoms with Gasteiger partial charge in [0.25, 0.3) is 0 Å². The zero-order valence-electron chi connectivity index (χ0n) is 9.92. The third kappa shape index (κ3) is 3.92. The highest BCUT2D eigenvalue weighted by Crippen LogP contribution is 2.16. The molecular weight excluding hydrogens is 186 g/mol. The van der Waals surface area contributed by atoms with Crippen LogP contribution in [-0.2, 0) is 6.54 Å². The molecule has 0 fully saturated rings. The van der Waals surface area contributed by atoms with E-state index in [0.717, 1.165) is 12.3 Å². The molecule has 0 aliphatic carbocycles. The topological polar surface area (TPSA) is 21.3 Å². The molecule has 0 radical (unpaired) electrons. The molecule has 0 bridgehead atoms. The first kappa shape index (κ1) is 12.1. The summed E-state index contributed by atoms with van der Waals surface area (Å²) in [6, 6.07) is 8.72. The average Bonchev–Trinajstić information content (AvgIpc) is 2.27. The fourth-order valence-corrected chi connectivity index (χ4v) is 1.67. The lowest BCUT2D eigenvalue weighted by molar-refractivity contribution is 0.404. The molecule has 0 aliphatic heterocycles. The Kier molecular flexibility index (Phi) is 5.19. The van der Waals surface area contributed by atoms with Crippen molar-refractivity contribution in [2.45, 2.75) is 39.3 Å². The Labute approximate surface area is 92.6 Å². The minimum Gasteiger partial charge on any atom is -0.496 e. The van der Waals surface area contributed by atoms with Gasteiger partial charge >= 0.3 is 0 Å². The van der Waals surface area contributed by atoms with Gasteiger partial charge in [-0.1, -0.05) is 31.5 Å². The molecule has 0 unspecified atom stereocenters. The van der Waals surface area contributed by atoms with Gasteiger partial charge in [0.2, 0.25) is 0 Å². The van der Waals surface area contributed by atoms with Gasteiger partial charge in [-0.3, -0.25) is 0 Å². The van der Waals surface area contributed by atoms with Crippen molar-refractivity contribution in [1.29, 1.82) is 0 Å². The smallest absolute Gasteiger partial charge is 0.123 e. The van der Waals surface area contributed by atoms with E-state index in [0.29, 0.717) is 6.04 Å². The third-order valence-corrected chi connectivity index (χ3v) is 2.56. The van der Waals surface area contributed by atoms with Crippen LogP contribution in [-0.4, -0.2) is 13.2 Å². The van der Waals surface area contributed by atoms with E-state index in [1.807, 2.05) is 18.2 Å². The van der Waals surface area contributed by atoms with Gasteiger partial charge in [-0.2, -0.15) is 0 Å². The minimum absolute atomic E-state index is 0.569. The largest absolute Gasteiger partial charge is 0.496 e. The van der Waals surface area contributed by atoms with Crippen molar-refractivity contribution in [1.82, 2.24) is 5.32 Å². The molecule has 0 saturated carbocycles. The lowest BCUT2D eigenvalue weighted by atomic mass is 10.1. The predicted molar refractivity (Wildman–Crippen MR) is 64.2 cm³/mol. The van der Waals surface area contributed by atoms with Crippen LogP contribution in [0.4, 0.5) is 0 Å². The first-order valence-corrected chi connectivity index (χ1v) is 5.63. The Morgan fingerprint density at radius 3 is 2.73 bits per heavy atom. The first-order chi connectivity index (χ1) is 7.27. The van der Waals surface area contributed by atoms with Gasteiger partial charge in [-0.15, -0.1) is 0 Å². The number of ether oxygens (including phenoxy) is 1. The quantitative estimate of drug-likeness (QED) is 0.774. The van der Waals surface area contributed by atoms with Gasteiger partial charge in [0.1, 0.15) is 5.75 Å². The Balaban J connectivity index is 2.49. The lowest BCUT2D eigenvalue weighted by Gasteiger charge is -2.14. The molecule has 0 amide bonds. The van der Waals surface area contributed by atoms with Crippen LogP contribution < -0.4 is 10.1 Å². The standard InChI is InChI=1S/C13H21NO/c1-4-7-11(2)14-10-12-8-5-6-9-13(12)15-3/h5-6,8-9,11,14H,4,7,10H2,1-3H3/t11-/m1/s1. The first-order valence-electron chi connectivity index (χ1n) is 5.63. The van der Waals surface area contributed by atoms with E-state index in [1.54, 1.807) is 7.11 Å². The fourth-order valence-electron chi connectivity index (χ4n) is 1.67. The summed E-state index contributed by atoms with van der Waals surface area (Å²) >= 11 is 0. The highest BCUT2D eigenvalue weighted by atomic mass is 16.5. The predicted octanol–water partition coefficient (Wildman–Crippen LogP) is 2.97. The number of para-hydroxylation sites is 1. The summed E-state index contributed by atoms with van der Waals surface area (Å²) in [5, 5.41) is 3.49. The van der Waals surface area contributed by atoms with E-state index < -0.39 is 0 Å². The molecule has 1 rings (SSSR count). The monoisotopic (exact) mass is 207 g/mol. The van der Waals surface area contributed by atoms with Gasteiger partial charge in [-0.05, 0) is 19.4 Å². The SMILES string of the molecule is CCC[C@@H](C)NCc1ccccc1OC. The molecule has 1 atom stereocenters. The van der Waals surface area contributed by atoms with Gasteiger partial charge in [0, 0.05) is 18.2 Å². The van der Waals surface area contributed by atoms with Crippen molar-refractivity contribution in [3.8, 4) is 5.75 Å². The van der Waals surface area contributed by atoms with Crippen LogP contribution in [0, 0.1) is 0 Å². The molecule has 0 aromatic heterocycles. The van der Waals surface area contributed by atoms with Crippen LogP contribution in [0.3, 0.4) is 0 Å². The van der Waals surface area contributed by atoms with Crippen LogP contribution in [0.2, 0.25) is 0 Å². The summed E-state index contributed by atoms with van der Waals surface area (Å²) in [6.45, 7) is 5.31. The van der Waals surface area contributed by atoms with Crippen molar-refractivity contribution in [2.75, 3.05) is 7.11 Å². The Morgan fingerprint density at radius 1 is 1.33 bits per heavy atom. The maximum Gasteiger partial charge on any atom is 0.123 e. The zero-order valence-corrected chi connectivity index (χ0v) is 9.92. The Morgan fingerprint density at radius 2 is 2.07 bits per heavy atom. The second-order valence-electron chi connectivity index (χ2n) is 3.88. The van der Waals surface area contributed by atoms with Crippen molar-refractivity contribution in [3.63, 3.8) is 0 Å². The van der Waals surface area contributed by atoms with Crippen LogP contribution >= 0.6 is 0 Å². The summed E-state index contributed by atoms with van der Waals surface area (Å²) < 4.78 is 5.30. The molecular formula is C13H21NO. The summed E-state index contributed by atoms with van der Waals surface area (Å²) in [5.41, 5.74) is 1.22. The molecule has 0 saturated heterocycles. The fraction of sp³-hybridized carbons (Fsp3) is 0.538. The van der Waals surface area contributed by atoms with Crippen molar-refractivity contribution in [2.24, 2.45) is 0 Å². The highest BCUT2D eigenvalue weighted by molar-refractivity contribution is 5.32. The summed E-state index contributed by atoms with van der Waals surface area (Å²) in [5.74, 6) is 0.966. The molecule has 0 heterocycles. The number of rotatable bonds is 6. The normalized spacial score (nSPS) is 12.5. The second-order valence-corrected chi connectivity index (χ2v) is 3.88. The van der Waals surface area contributed by atoms with Crippen molar-refractivity contribution in [3.05, 3.63) is 29.8 Å². The Bertz CT molecular complexity index is 286. The Hall–Kier alpha value is -1.02. The number of hydrogen-bond acceptors (Lipinski definition) is 2. The van der Waals surface area contributed by atoms with E-state index in [4.69, 9.17) is 4.74 Å². The third-order valence-electron chi connectivity index (χ3n) is 2.56. The molecule has 84 valence electrons. The number of nitrogens with one attached hydrogen (secondary N) is 1. The molecule has 2 nitrogen and oxygen atoms in total. The van der Waals surface area contributed by atoms with Gasteiger partial charge in [0.15, 0.2) is 0 Å². The van der Waals surface area contributed by atoms with Gasteiger partial charge < -0.3 is 10.1 Å². The molecule has 1 aromatic carbocycles. The van der Waals surface area contributed by atoms with Crippen LogP contribution in [0.25, 0.3) is 0 Å². The summed E-state index contributed by atoms with van der Waals surface area (Å²) in [7, 11) is 1.72. The maximum atomic E-state index is 5.30. The summed E-state index contributed by atoms with van der Waals surface area (Å²) in [4.78, 5) is 0. The van der Waals surface area contributed by atoms with E-state index in [9.17, 15) is 0 Å². The molecule has 0 aliphatic rings. The number of hydrogen-bond donors (Lipinski definition) is 1. The van der Waals surface area contributed by atoms with Crippen LogP contribution in [0.15, 0.2) is 24.3 Å². The van der Waals surface area contributed by atoms with Crippen molar-refractivity contribution < 1.29 is 4.74 Å². The summed E-state index contributed by atoms with van der Waals surface area (Å²) in [6.07, 6.45) is 2.44. The molecule has 1 aromatic rings. The number of methoxy groups -OCH3 is 1. The maximum absolute atomic E-state index is 5.30. The molecule has 15 heavy (non-hydrogen) atoms. The second kappa shape index (κ2) is 6.46. The molecule has 1 N–H and O–H groups in total.